The molecule has 1 saturated carbocycles. The predicted molar refractivity (Wildman–Crippen MR) is 91.4 cm³/mol. The molecule has 1 heterocycles. The Hall–Kier alpha value is -1.45. The number of amides is 1. The summed E-state index contributed by atoms with van der Waals surface area (Å²) in [4.78, 5) is 12.4. The van der Waals surface area contributed by atoms with Gasteiger partial charge in [-0.15, -0.1) is 0 Å². The lowest BCUT2D eigenvalue weighted by molar-refractivity contribution is -0.155. The largest absolute Gasteiger partial charge is 0.380 e. The van der Waals surface area contributed by atoms with Gasteiger partial charge in [-0.05, 0) is 20.8 Å². The number of aromatic nitrogens is 1. The number of ether oxygens (including phenoxy) is 1. The van der Waals surface area contributed by atoms with Crippen molar-refractivity contribution in [1.29, 1.82) is 0 Å². The zero-order valence-electron chi connectivity index (χ0n) is 15.7. The summed E-state index contributed by atoms with van der Waals surface area (Å²) in [6, 6.07) is -1.01. The molecule has 0 saturated heterocycles. The maximum Gasteiger partial charge on any atom is 0.246 e. The third-order valence-corrected chi connectivity index (χ3v) is 6.84. The van der Waals surface area contributed by atoms with E-state index < -0.39 is 16.1 Å². The van der Waals surface area contributed by atoms with Gasteiger partial charge in [0.15, 0.2) is 5.76 Å². The number of nitrogens with zero attached hydrogens (tertiary/aromatic N) is 1. The topological polar surface area (TPSA) is 111 Å². The fourth-order valence-corrected chi connectivity index (χ4v) is 5.44. The number of nitrogens with one attached hydrogen (secondary N) is 2. The maximum atomic E-state index is 12.5. The Balaban J connectivity index is 2.07. The summed E-state index contributed by atoms with van der Waals surface area (Å²) >= 11 is 0. The molecule has 0 aromatic carbocycles. The molecule has 1 fully saturated rings. The third kappa shape index (κ3) is 3.45. The monoisotopic (exact) mass is 373 g/mol. The van der Waals surface area contributed by atoms with Crippen molar-refractivity contribution < 1.29 is 22.5 Å². The minimum Gasteiger partial charge on any atom is -0.380 e. The van der Waals surface area contributed by atoms with Gasteiger partial charge in [0.25, 0.3) is 0 Å². The highest BCUT2D eigenvalue weighted by molar-refractivity contribution is 7.89. The van der Waals surface area contributed by atoms with E-state index >= 15 is 0 Å². The lowest BCUT2D eigenvalue weighted by atomic mass is 9.58. The van der Waals surface area contributed by atoms with Gasteiger partial charge in [-0.2, -0.15) is 4.72 Å². The molecule has 142 valence electrons. The van der Waals surface area contributed by atoms with Crippen molar-refractivity contribution in [2.45, 2.75) is 64.6 Å². The van der Waals surface area contributed by atoms with Gasteiger partial charge in [-0.25, -0.2) is 8.42 Å². The van der Waals surface area contributed by atoms with Crippen LogP contribution in [0, 0.1) is 25.2 Å². The van der Waals surface area contributed by atoms with Crippen LogP contribution in [0.2, 0.25) is 0 Å². The summed E-state index contributed by atoms with van der Waals surface area (Å²) < 4.78 is 37.7. The van der Waals surface area contributed by atoms with E-state index in [0.717, 1.165) is 0 Å². The molecule has 1 aromatic heterocycles. The van der Waals surface area contributed by atoms with Gasteiger partial charge >= 0.3 is 0 Å². The zero-order valence-corrected chi connectivity index (χ0v) is 16.5. The molecule has 25 heavy (non-hydrogen) atoms. The first-order valence-electron chi connectivity index (χ1n) is 8.21. The molecule has 4 atom stereocenters. The van der Waals surface area contributed by atoms with Crippen LogP contribution in [-0.4, -0.2) is 44.8 Å². The second-order valence-electron chi connectivity index (χ2n) is 7.32. The summed E-state index contributed by atoms with van der Waals surface area (Å²) in [5.74, 6) is -0.0422. The zero-order chi connectivity index (χ0) is 19.2. The van der Waals surface area contributed by atoms with Gasteiger partial charge in [-0.3, -0.25) is 4.79 Å². The van der Waals surface area contributed by atoms with Gasteiger partial charge < -0.3 is 14.6 Å². The summed E-state index contributed by atoms with van der Waals surface area (Å²) in [5.41, 5.74) is 0.0404. The summed E-state index contributed by atoms with van der Waals surface area (Å²) in [6.07, 6.45) is 0.0482. The molecule has 9 heteroatoms. The van der Waals surface area contributed by atoms with Crippen molar-refractivity contribution in [2.75, 3.05) is 7.11 Å². The van der Waals surface area contributed by atoms with Crippen LogP contribution in [0.1, 0.15) is 39.1 Å². The molecule has 1 aromatic rings. The van der Waals surface area contributed by atoms with E-state index in [1.807, 2.05) is 20.8 Å². The van der Waals surface area contributed by atoms with Crippen molar-refractivity contribution in [3.05, 3.63) is 11.5 Å². The fraction of sp³-hybridized carbons (Fsp3) is 0.750. The number of aryl methyl sites for hydroxylation is 2. The van der Waals surface area contributed by atoms with Crippen molar-refractivity contribution in [3.63, 3.8) is 0 Å². The van der Waals surface area contributed by atoms with E-state index in [-0.39, 0.29) is 45.7 Å². The van der Waals surface area contributed by atoms with Crippen LogP contribution in [0.4, 0.5) is 0 Å². The molecular formula is C16H27N3O5S. The highest BCUT2D eigenvalue weighted by Crippen LogP contribution is 2.46. The number of methoxy groups -OCH3 is 1. The molecule has 0 aliphatic heterocycles. The Morgan fingerprint density at radius 2 is 1.96 bits per heavy atom. The van der Waals surface area contributed by atoms with E-state index in [1.54, 1.807) is 14.0 Å². The number of rotatable bonds is 6. The van der Waals surface area contributed by atoms with E-state index in [9.17, 15) is 13.2 Å². The smallest absolute Gasteiger partial charge is 0.246 e. The molecule has 0 bridgehead atoms. The first kappa shape index (κ1) is 19.9. The molecule has 1 aliphatic rings. The van der Waals surface area contributed by atoms with E-state index in [2.05, 4.69) is 15.2 Å². The summed E-state index contributed by atoms with van der Waals surface area (Å²) in [5, 5.41) is 6.58. The van der Waals surface area contributed by atoms with Crippen molar-refractivity contribution in [3.8, 4) is 0 Å². The van der Waals surface area contributed by atoms with Crippen molar-refractivity contribution in [1.82, 2.24) is 15.2 Å². The molecule has 0 spiro atoms. The molecule has 0 radical (unpaired) electrons. The van der Waals surface area contributed by atoms with E-state index in [4.69, 9.17) is 9.26 Å². The van der Waals surface area contributed by atoms with Gasteiger partial charge in [0, 0.05) is 24.5 Å². The SMILES string of the molecule is COC1C(C)C(NC(=O)[C@H](C)NS(=O)(=O)c2c(C)noc2C)C1(C)C. The van der Waals surface area contributed by atoms with Crippen LogP contribution in [-0.2, 0) is 19.6 Å². The van der Waals surface area contributed by atoms with Crippen molar-refractivity contribution in [2.24, 2.45) is 11.3 Å². The number of sulfonamides is 1. The molecule has 1 aliphatic carbocycles. The number of carbonyl (C=O) groups is 1. The molecule has 3 unspecified atom stereocenters. The van der Waals surface area contributed by atoms with Crippen LogP contribution in [0.25, 0.3) is 0 Å². The third-order valence-electron chi connectivity index (χ3n) is 5.05. The predicted octanol–water partition coefficient (Wildman–Crippen LogP) is 1.13. The Bertz CT molecular complexity index is 736. The Kier molecular flexibility index (Phi) is 5.32. The normalized spacial score (nSPS) is 26.8. The van der Waals surface area contributed by atoms with Crippen LogP contribution < -0.4 is 10.0 Å². The summed E-state index contributed by atoms with van der Waals surface area (Å²) in [6.45, 7) is 10.6. The Labute approximate surface area is 148 Å². The quantitative estimate of drug-likeness (QED) is 0.773. The maximum absolute atomic E-state index is 12.5. The van der Waals surface area contributed by atoms with Gasteiger partial charge in [0.05, 0.1) is 12.1 Å². The second kappa shape index (κ2) is 6.69. The molecule has 2 rings (SSSR count). The molecular weight excluding hydrogens is 346 g/mol. The van der Waals surface area contributed by atoms with Crippen LogP contribution in [0.5, 0.6) is 0 Å². The minimum absolute atomic E-state index is 0.0241. The summed E-state index contributed by atoms with van der Waals surface area (Å²) in [7, 11) is -2.24. The lowest BCUT2D eigenvalue weighted by Crippen LogP contribution is -2.69. The van der Waals surface area contributed by atoms with Gasteiger partial charge in [0.2, 0.25) is 15.9 Å². The van der Waals surface area contributed by atoms with Gasteiger partial charge in [-0.1, -0.05) is 25.9 Å². The first-order chi connectivity index (χ1) is 11.4. The Morgan fingerprint density at radius 1 is 1.36 bits per heavy atom. The van der Waals surface area contributed by atoms with Crippen LogP contribution in [0.3, 0.4) is 0 Å². The molecule has 1 amide bonds. The van der Waals surface area contributed by atoms with Crippen LogP contribution >= 0.6 is 0 Å². The second-order valence-corrected chi connectivity index (χ2v) is 8.97. The highest BCUT2D eigenvalue weighted by Gasteiger charge is 2.55. The molecule has 2 N–H and O–H groups in total. The van der Waals surface area contributed by atoms with Gasteiger partial charge in [0.1, 0.15) is 10.6 Å². The number of carbonyl (C=O) groups excluding carboxylic acids is 1. The van der Waals surface area contributed by atoms with Crippen LogP contribution in [0.15, 0.2) is 9.42 Å². The number of hydrogen-bond donors (Lipinski definition) is 2. The molecule has 8 nitrogen and oxygen atoms in total. The Morgan fingerprint density at radius 3 is 2.40 bits per heavy atom. The van der Waals surface area contributed by atoms with E-state index in [0.29, 0.717) is 0 Å². The average Bonchev–Trinajstić information content (AvgIpc) is 2.83. The van der Waals surface area contributed by atoms with E-state index in [1.165, 1.54) is 13.8 Å². The number of hydrogen-bond acceptors (Lipinski definition) is 6. The fourth-order valence-electron chi connectivity index (χ4n) is 3.91. The minimum atomic E-state index is -3.90. The first-order valence-corrected chi connectivity index (χ1v) is 9.70. The standard InChI is InChI=1S/C16H27N3O5S/c1-8-13(16(5,6)14(8)23-7)17-15(20)10(3)19-25(21,22)12-9(2)18-24-11(12)4/h8,10,13-14,19H,1-7H3,(H,17,20)/t8?,10-,13?,14?/m0/s1. The highest BCUT2D eigenvalue weighted by atomic mass is 32.2. The van der Waals surface area contributed by atoms with Crippen molar-refractivity contribution >= 4 is 15.9 Å². The average molecular weight is 373 g/mol. The lowest BCUT2D eigenvalue weighted by Gasteiger charge is -2.56.